The second-order valence-corrected chi connectivity index (χ2v) is 3.98. The molecule has 0 saturated carbocycles. The molecule has 0 radical (unpaired) electrons. The van der Waals surface area contributed by atoms with Crippen molar-refractivity contribution in [1.29, 1.82) is 0 Å². The molecule has 0 aliphatic carbocycles. The van der Waals surface area contributed by atoms with Crippen LogP contribution in [0.25, 0.3) is 11.4 Å². The number of methoxy groups -OCH3 is 1. The zero-order chi connectivity index (χ0) is 13.0. The van der Waals surface area contributed by atoms with Crippen LogP contribution in [0, 0.1) is 6.92 Å². The summed E-state index contributed by atoms with van der Waals surface area (Å²) in [4.78, 5) is 8.95. The van der Waals surface area contributed by atoms with Crippen molar-refractivity contribution in [2.24, 2.45) is 0 Å². The van der Waals surface area contributed by atoms with Crippen molar-refractivity contribution in [3.63, 3.8) is 0 Å². The number of ether oxygens (including phenoxy) is 1. The first-order valence-corrected chi connectivity index (χ1v) is 5.97. The first kappa shape index (κ1) is 12.4. The number of anilines is 1. The molecule has 0 aliphatic rings. The summed E-state index contributed by atoms with van der Waals surface area (Å²) in [5, 5.41) is 3.20. The third-order valence-electron chi connectivity index (χ3n) is 2.54. The van der Waals surface area contributed by atoms with Crippen LogP contribution in [0.2, 0.25) is 0 Å². The Balaban J connectivity index is 2.42. The summed E-state index contributed by atoms with van der Waals surface area (Å²) in [6, 6.07) is 9.70. The number of hydrogen-bond donors (Lipinski definition) is 1. The molecular formula is C14H17N3O. The summed E-state index contributed by atoms with van der Waals surface area (Å²) in [6.45, 7) is 4.85. The van der Waals surface area contributed by atoms with Crippen LogP contribution in [0.15, 0.2) is 30.3 Å². The molecule has 1 aromatic heterocycles. The monoisotopic (exact) mass is 243 g/mol. The summed E-state index contributed by atoms with van der Waals surface area (Å²) >= 11 is 0. The molecule has 0 saturated heterocycles. The largest absolute Gasteiger partial charge is 0.497 e. The van der Waals surface area contributed by atoms with E-state index < -0.39 is 0 Å². The lowest BCUT2D eigenvalue weighted by molar-refractivity contribution is 0.415. The number of nitrogens with zero attached hydrogens (tertiary/aromatic N) is 2. The van der Waals surface area contributed by atoms with Gasteiger partial charge in [-0.2, -0.15) is 0 Å². The van der Waals surface area contributed by atoms with E-state index in [1.54, 1.807) is 7.11 Å². The van der Waals surface area contributed by atoms with Crippen molar-refractivity contribution in [3.8, 4) is 17.1 Å². The Morgan fingerprint density at radius 2 is 2.06 bits per heavy atom. The minimum Gasteiger partial charge on any atom is -0.497 e. The summed E-state index contributed by atoms with van der Waals surface area (Å²) < 4.78 is 5.21. The molecule has 94 valence electrons. The van der Waals surface area contributed by atoms with E-state index in [1.807, 2.05) is 44.2 Å². The van der Waals surface area contributed by atoms with Gasteiger partial charge in [0.1, 0.15) is 11.6 Å². The molecule has 0 bridgehead atoms. The number of aryl methyl sites for hydroxylation is 1. The van der Waals surface area contributed by atoms with Crippen LogP contribution in [0.5, 0.6) is 5.75 Å². The highest BCUT2D eigenvalue weighted by atomic mass is 16.5. The highest BCUT2D eigenvalue weighted by molar-refractivity contribution is 5.59. The maximum atomic E-state index is 5.21. The van der Waals surface area contributed by atoms with Crippen LogP contribution < -0.4 is 10.1 Å². The summed E-state index contributed by atoms with van der Waals surface area (Å²) in [5.41, 5.74) is 1.90. The molecule has 0 spiro atoms. The maximum Gasteiger partial charge on any atom is 0.161 e. The number of benzene rings is 1. The molecule has 1 N–H and O–H groups in total. The maximum absolute atomic E-state index is 5.21. The SMILES string of the molecule is CCNc1cc(C)nc(-c2cccc(OC)c2)n1. The minimum absolute atomic E-state index is 0.713. The average Bonchev–Trinajstić information content (AvgIpc) is 2.38. The smallest absolute Gasteiger partial charge is 0.161 e. The van der Waals surface area contributed by atoms with Gasteiger partial charge in [-0.1, -0.05) is 12.1 Å². The molecule has 0 aliphatic heterocycles. The minimum atomic E-state index is 0.713. The van der Waals surface area contributed by atoms with E-state index in [0.29, 0.717) is 5.82 Å². The molecule has 1 aromatic carbocycles. The summed E-state index contributed by atoms with van der Waals surface area (Å²) in [6.07, 6.45) is 0. The molecule has 2 rings (SSSR count). The average molecular weight is 243 g/mol. The fraction of sp³-hybridized carbons (Fsp3) is 0.286. The van der Waals surface area contributed by atoms with Crippen LogP contribution in [0.1, 0.15) is 12.6 Å². The van der Waals surface area contributed by atoms with Crippen molar-refractivity contribution in [2.75, 3.05) is 19.0 Å². The van der Waals surface area contributed by atoms with Gasteiger partial charge in [-0.25, -0.2) is 9.97 Å². The fourth-order valence-electron chi connectivity index (χ4n) is 1.73. The van der Waals surface area contributed by atoms with E-state index in [4.69, 9.17) is 4.74 Å². The Kier molecular flexibility index (Phi) is 3.77. The quantitative estimate of drug-likeness (QED) is 0.897. The normalized spacial score (nSPS) is 10.2. The zero-order valence-electron chi connectivity index (χ0n) is 10.9. The Morgan fingerprint density at radius 3 is 2.78 bits per heavy atom. The molecule has 0 fully saturated rings. The Bertz CT molecular complexity index is 540. The topological polar surface area (TPSA) is 47.0 Å². The molecule has 4 heteroatoms. The van der Waals surface area contributed by atoms with Crippen LogP contribution in [0.3, 0.4) is 0 Å². The van der Waals surface area contributed by atoms with Crippen molar-refractivity contribution < 1.29 is 4.74 Å². The van der Waals surface area contributed by atoms with Gasteiger partial charge >= 0.3 is 0 Å². The Morgan fingerprint density at radius 1 is 1.22 bits per heavy atom. The lowest BCUT2D eigenvalue weighted by Gasteiger charge is -2.08. The highest BCUT2D eigenvalue weighted by Gasteiger charge is 2.05. The van der Waals surface area contributed by atoms with Gasteiger partial charge in [-0.3, -0.25) is 0 Å². The van der Waals surface area contributed by atoms with E-state index in [-0.39, 0.29) is 0 Å². The molecule has 18 heavy (non-hydrogen) atoms. The lowest BCUT2D eigenvalue weighted by Crippen LogP contribution is -2.02. The predicted molar refractivity (Wildman–Crippen MR) is 72.9 cm³/mol. The van der Waals surface area contributed by atoms with Crippen LogP contribution in [-0.4, -0.2) is 23.6 Å². The number of hydrogen-bond acceptors (Lipinski definition) is 4. The standard InChI is InChI=1S/C14H17N3O/c1-4-15-13-8-10(2)16-14(17-13)11-6-5-7-12(9-11)18-3/h5-9H,4H2,1-3H3,(H,15,16,17). The number of nitrogens with one attached hydrogen (secondary N) is 1. The van der Waals surface area contributed by atoms with Gasteiger partial charge in [0, 0.05) is 23.9 Å². The summed E-state index contributed by atoms with van der Waals surface area (Å²) in [5.74, 6) is 2.37. The Hall–Kier alpha value is -2.10. The van der Waals surface area contributed by atoms with Gasteiger partial charge in [-0.15, -0.1) is 0 Å². The van der Waals surface area contributed by atoms with Gasteiger partial charge in [0.25, 0.3) is 0 Å². The lowest BCUT2D eigenvalue weighted by atomic mass is 10.2. The molecule has 1 heterocycles. The van der Waals surface area contributed by atoms with Crippen LogP contribution >= 0.6 is 0 Å². The molecule has 0 atom stereocenters. The third kappa shape index (κ3) is 2.77. The molecule has 0 amide bonds. The van der Waals surface area contributed by atoms with Gasteiger partial charge in [0.05, 0.1) is 7.11 Å². The molecule has 2 aromatic rings. The van der Waals surface area contributed by atoms with E-state index in [2.05, 4.69) is 15.3 Å². The van der Waals surface area contributed by atoms with Crippen molar-refractivity contribution in [1.82, 2.24) is 9.97 Å². The Labute approximate surface area is 107 Å². The fourth-order valence-corrected chi connectivity index (χ4v) is 1.73. The number of rotatable bonds is 4. The number of aromatic nitrogens is 2. The van der Waals surface area contributed by atoms with Crippen molar-refractivity contribution >= 4 is 5.82 Å². The second kappa shape index (κ2) is 5.49. The van der Waals surface area contributed by atoms with E-state index in [0.717, 1.165) is 29.4 Å². The van der Waals surface area contributed by atoms with E-state index >= 15 is 0 Å². The molecule has 0 unspecified atom stereocenters. The molecule has 4 nitrogen and oxygen atoms in total. The highest BCUT2D eigenvalue weighted by Crippen LogP contribution is 2.22. The van der Waals surface area contributed by atoms with Gasteiger partial charge < -0.3 is 10.1 Å². The van der Waals surface area contributed by atoms with Crippen molar-refractivity contribution in [3.05, 3.63) is 36.0 Å². The van der Waals surface area contributed by atoms with Gasteiger partial charge in [0.15, 0.2) is 5.82 Å². The first-order chi connectivity index (χ1) is 8.72. The summed E-state index contributed by atoms with van der Waals surface area (Å²) in [7, 11) is 1.65. The first-order valence-electron chi connectivity index (χ1n) is 5.97. The second-order valence-electron chi connectivity index (χ2n) is 3.98. The predicted octanol–water partition coefficient (Wildman–Crippen LogP) is 2.89. The van der Waals surface area contributed by atoms with Gasteiger partial charge in [0.2, 0.25) is 0 Å². The van der Waals surface area contributed by atoms with E-state index in [9.17, 15) is 0 Å². The van der Waals surface area contributed by atoms with Crippen LogP contribution in [-0.2, 0) is 0 Å². The van der Waals surface area contributed by atoms with Crippen molar-refractivity contribution in [2.45, 2.75) is 13.8 Å². The van der Waals surface area contributed by atoms with Crippen LogP contribution in [0.4, 0.5) is 5.82 Å². The van der Waals surface area contributed by atoms with Gasteiger partial charge in [-0.05, 0) is 26.0 Å². The zero-order valence-corrected chi connectivity index (χ0v) is 10.9. The molecular weight excluding hydrogens is 226 g/mol. The third-order valence-corrected chi connectivity index (χ3v) is 2.54. The van der Waals surface area contributed by atoms with E-state index in [1.165, 1.54) is 0 Å².